The zero-order chi connectivity index (χ0) is 12.8. The van der Waals surface area contributed by atoms with Gasteiger partial charge in [0.2, 0.25) is 0 Å². The largest absolute Gasteiger partial charge is 0.276 e. The van der Waals surface area contributed by atoms with Gasteiger partial charge in [0.05, 0.1) is 4.90 Å². The highest BCUT2D eigenvalue weighted by Crippen LogP contribution is 2.10. The van der Waals surface area contributed by atoms with Gasteiger partial charge in [-0.1, -0.05) is 48.5 Å². The van der Waals surface area contributed by atoms with Gasteiger partial charge in [0.1, 0.15) is 5.88 Å². The summed E-state index contributed by atoms with van der Waals surface area (Å²) in [5, 5.41) is 0. The highest BCUT2D eigenvalue weighted by molar-refractivity contribution is 7.91. The fraction of sp³-hybridized carbons (Fsp3) is 0.0714. The molecule has 4 heteroatoms. The van der Waals surface area contributed by atoms with E-state index in [1.54, 1.807) is 36.5 Å². The Labute approximate surface area is 107 Å². The molecule has 0 bridgehead atoms. The summed E-state index contributed by atoms with van der Waals surface area (Å²) >= 11 is 0. The van der Waals surface area contributed by atoms with Crippen molar-refractivity contribution in [1.29, 1.82) is 0 Å². The van der Waals surface area contributed by atoms with Crippen molar-refractivity contribution in [3.8, 4) is 0 Å². The first kappa shape index (κ1) is 12.5. The Hall–Kier alpha value is -1.94. The Balaban J connectivity index is 2.09. The molecule has 18 heavy (non-hydrogen) atoms. The van der Waals surface area contributed by atoms with Crippen LogP contribution in [0.3, 0.4) is 0 Å². The Morgan fingerprint density at radius 3 is 2.06 bits per heavy atom. The van der Waals surface area contributed by atoms with Crippen molar-refractivity contribution < 1.29 is 8.42 Å². The van der Waals surface area contributed by atoms with Crippen molar-refractivity contribution in [2.75, 3.05) is 5.88 Å². The van der Waals surface area contributed by atoms with Crippen LogP contribution in [0.5, 0.6) is 0 Å². The third-order valence-corrected chi connectivity index (χ3v) is 3.87. The van der Waals surface area contributed by atoms with Crippen LogP contribution in [0.4, 0.5) is 0 Å². The first-order valence-electron chi connectivity index (χ1n) is 5.51. The van der Waals surface area contributed by atoms with Crippen molar-refractivity contribution in [3.63, 3.8) is 0 Å². The van der Waals surface area contributed by atoms with E-state index in [9.17, 15) is 8.42 Å². The topological polar surface area (TPSA) is 46.5 Å². The molecular formula is C14H13NO2S. The van der Waals surface area contributed by atoms with E-state index in [1.807, 2.05) is 30.3 Å². The predicted molar refractivity (Wildman–Crippen MR) is 72.5 cm³/mol. The second kappa shape index (κ2) is 5.60. The first-order chi connectivity index (χ1) is 8.68. The maximum atomic E-state index is 11.9. The van der Waals surface area contributed by atoms with E-state index in [-0.39, 0.29) is 5.88 Å². The summed E-state index contributed by atoms with van der Waals surface area (Å²) in [4.78, 5) is 4.28. The monoisotopic (exact) mass is 259 g/mol. The van der Waals surface area contributed by atoms with Gasteiger partial charge in [-0.2, -0.15) is 0 Å². The summed E-state index contributed by atoms with van der Waals surface area (Å²) in [6, 6.07) is 17.8. The number of hydrogen-bond donors (Lipinski definition) is 0. The van der Waals surface area contributed by atoms with Crippen molar-refractivity contribution in [2.24, 2.45) is 4.99 Å². The molecule has 0 unspecified atom stereocenters. The van der Waals surface area contributed by atoms with Gasteiger partial charge >= 0.3 is 0 Å². The minimum atomic E-state index is -3.33. The molecule has 3 nitrogen and oxygen atoms in total. The van der Waals surface area contributed by atoms with Crippen molar-refractivity contribution >= 4 is 16.1 Å². The Morgan fingerprint density at radius 1 is 0.889 bits per heavy atom. The van der Waals surface area contributed by atoms with Gasteiger partial charge in [0.15, 0.2) is 9.84 Å². The highest BCUT2D eigenvalue weighted by Gasteiger charge is 2.11. The maximum Gasteiger partial charge on any atom is 0.198 e. The number of hydrogen-bond acceptors (Lipinski definition) is 3. The molecule has 0 aliphatic heterocycles. The zero-order valence-corrected chi connectivity index (χ0v) is 10.5. The van der Waals surface area contributed by atoms with E-state index >= 15 is 0 Å². The fourth-order valence-corrected chi connectivity index (χ4v) is 2.47. The summed E-state index contributed by atoms with van der Waals surface area (Å²) < 4.78 is 23.8. The molecule has 2 aromatic rings. The molecule has 0 radical (unpaired) electrons. The van der Waals surface area contributed by atoms with Crippen LogP contribution in [0.1, 0.15) is 5.56 Å². The van der Waals surface area contributed by atoms with Gasteiger partial charge in [0.25, 0.3) is 0 Å². The standard InChI is InChI=1S/C14H13NO2S/c16-18(17,14-9-5-2-6-10-14)12-15-11-13-7-3-1-4-8-13/h1-11H,12H2. The van der Waals surface area contributed by atoms with Crippen molar-refractivity contribution in [2.45, 2.75) is 4.90 Å². The minimum Gasteiger partial charge on any atom is -0.276 e. The smallest absolute Gasteiger partial charge is 0.198 e. The summed E-state index contributed by atoms with van der Waals surface area (Å²) in [5.74, 6) is -0.230. The van der Waals surface area contributed by atoms with Gasteiger partial charge in [-0.15, -0.1) is 0 Å². The molecular weight excluding hydrogens is 246 g/mol. The lowest BCUT2D eigenvalue weighted by Gasteiger charge is -2.00. The number of sulfone groups is 1. The molecule has 92 valence electrons. The van der Waals surface area contributed by atoms with E-state index < -0.39 is 9.84 Å². The average Bonchev–Trinajstić information content (AvgIpc) is 2.41. The molecule has 0 amide bonds. The molecule has 0 saturated heterocycles. The first-order valence-corrected chi connectivity index (χ1v) is 7.16. The Bertz CT molecular complexity index is 619. The van der Waals surface area contributed by atoms with Crippen molar-refractivity contribution in [1.82, 2.24) is 0 Å². The second-order valence-corrected chi connectivity index (χ2v) is 5.74. The van der Waals surface area contributed by atoms with Crippen LogP contribution < -0.4 is 0 Å². The van der Waals surface area contributed by atoms with Gasteiger partial charge in [-0.05, 0) is 17.7 Å². The number of rotatable bonds is 4. The molecule has 0 aromatic heterocycles. The van der Waals surface area contributed by atoms with Crippen LogP contribution in [0, 0.1) is 0 Å². The summed E-state index contributed by atoms with van der Waals surface area (Å²) in [6.45, 7) is 0. The van der Waals surface area contributed by atoms with E-state index in [1.165, 1.54) is 0 Å². The van der Waals surface area contributed by atoms with Gasteiger partial charge < -0.3 is 0 Å². The summed E-state index contributed by atoms with van der Waals surface area (Å²) in [7, 11) is -3.33. The average molecular weight is 259 g/mol. The quantitative estimate of drug-likeness (QED) is 0.792. The van der Waals surface area contributed by atoms with Crippen molar-refractivity contribution in [3.05, 3.63) is 66.2 Å². The molecule has 0 aliphatic carbocycles. The maximum absolute atomic E-state index is 11.9. The van der Waals surface area contributed by atoms with Crippen LogP contribution >= 0.6 is 0 Å². The second-order valence-electron chi connectivity index (χ2n) is 3.78. The molecule has 0 heterocycles. The third-order valence-electron chi connectivity index (χ3n) is 2.39. The lowest BCUT2D eigenvalue weighted by atomic mass is 10.2. The number of aliphatic imine (C=N–C) groups is 1. The fourth-order valence-electron chi connectivity index (χ4n) is 1.48. The molecule has 0 N–H and O–H groups in total. The van der Waals surface area contributed by atoms with Crippen LogP contribution in [0.15, 0.2) is 70.6 Å². The lowest BCUT2D eigenvalue weighted by molar-refractivity contribution is 0.596. The van der Waals surface area contributed by atoms with Crippen LogP contribution in [0.2, 0.25) is 0 Å². The van der Waals surface area contributed by atoms with E-state index in [2.05, 4.69) is 4.99 Å². The SMILES string of the molecule is O=S(=O)(CN=Cc1ccccc1)c1ccccc1. The Kier molecular flexibility index (Phi) is 3.89. The molecule has 2 rings (SSSR count). The highest BCUT2D eigenvalue weighted by atomic mass is 32.2. The van der Waals surface area contributed by atoms with E-state index in [0.29, 0.717) is 4.90 Å². The molecule has 0 atom stereocenters. The molecule has 0 spiro atoms. The third kappa shape index (κ3) is 3.28. The lowest BCUT2D eigenvalue weighted by Crippen LogP contribution is -2.04. The summed E-state index contributed by atoms with van der Waals surface area (Å²) in [6.07, 6.45) is 1.57. The van der Waals surface area contributed by atoms with Gasteiger partial charge in [0, 0.05) is 6.21 Å². The molecule has 2 aromatic carbocycles. The molecule has 0 aliphatic rings. The predicted octanol–water partition coefficient (Wildman–Crippen LogP) is 2.54. The normalized spacial score (nSPS) is 11.8. The minimum absolute atomic E-state index is 0.230. The zero-order valence-electron chi connectivity index (χ0n) is 9.73. The Morgan fingerprint density at radius 2 is 1.44 bits per heavy atom. The molecule has 0 fully saturated rings. The summed E-state index contributed by atoms with van der Waals surface area (Å²) in [5.41, 5.74) is 0.890. The van der Waals surface area contributed by atoms with E-state index in [4.69, 9.17) is 0 Å². The van der Waals surface area contributed by atoms with Crippen LogP contribution in [-0.2, 0) is 9.84 Å². The molecule has 0 saturated carbocycles. The van der Waals surface area contributed by atoms with Crippen LogP contribution in [-0.4, -0.2) is 20.5 Å². The van der Waals surface area contributed by atoms with Gasteiger partial charge in [-0.25, -0.2) is 8.42 Å². The number of nitrogens with zero attached hydrogens (tertiary/aromatic N) is 1. The van der Waals surface area contributed by atoms with Gasteiger partial charge in [-0.3, -0.25) is 4.99 Å². The van der Waals surface area contributed by atoms with Crippen LogP contribution in [0.25, 0.3) is 0 Å². The number of benzene rings is 2. The van der Waals surface area contributed by atoms with E-state index in [0.717, 1.165) is 5.56 Å².